The van der Waals surface area contributed by atoms with Gasteiger partial charge in [-0.05, 0) is 36.2 Å². The molecule has 0 radical (unpaired) electrons. The van der Waals surface area contributed by atoms with Gasteiger partial charge in [-0.25, -0.2) is 0 Å². The lowest BCUT2D eigenvalue weighted by Crippen LogP contribution is -2.11. The van der Waals surface area contributed by atoms with E-state index in [-0.39, 0.29) is 17.3 Å². The fourth-order valence-corrected chi connectivity index (χ4v) is 2.44. The molecule has 0 amide bonds. The summed E-state index contributed by atoms with van der Waals surface area (Å²) >= 11 is 9.27. The van der Waals surface area contributed by atoms with Crippen molar-refractivity contribution in [1.82, 2.24) is 0 Å². The van der Waals surface area contributed by atoms with E-state index in [1.54, 1.807) is 0 Å². The van der Waals surface area contributed by atoms with Crippen molar-refractivity contribution >= 4 is 33.2 Å². The highest BCUT2D eigenvalue weighted by Crippen LogP contribution is 2.38. The summed E-state index contributed by atoms with van der Waals surface area (Å²) in [5, 5.41) is 2.84. The lowest BCUT2D eigenvalue weighted by molar-refractivity contribution is -0.136. The van der Waals surface area contributed by atoms with Gasteiger partial charge in [0.1, 0.15) is 0 Å². The third kappa shape index (κ3) is 3.92. The van der Waals surface area contributed by atoms with E-state index >= 15 is 0 Å². The molecule has 1 nitrogen and oxygen atoms in total. The average Bonchev–Trinajstić information content (AvgIpc) is 2.40. The van der Waals surface area contributed by atoms with E-state index in [1.807, 2.05) is 25.1 Å². The maximum absolute atomic E-state index is 13.0. The molecule has 0 saturated carbocycles. The fraction of sp³-hybridized carbons (Fsp3) is 0.200. The molecule has 2 rings (SSSR count). The molecule has 0 saturated heterocycles. The van der Waals surface area contributed by atoms with E-state index in [0.717, 1.165) is 21.7 Å². The standard InChI is InChI=1S/C15H12BrClF3N/c1-9-7-10(5-6-12(9)16)8-21-14-11(15(18,19)20)3-2-4-13(14)17/h2-7,21H,8H2,1H3. The molecule has 2 aromatic carbocycles. The largest absolute Gasteiger partial charge is 0.418 e. The molecule has 0 fully saturated rings. The molecule has 0 aromatic heterocycles. The van der Waals surface area contributed by atoms with Crippen molar-refractivity contribution in [2.75, 3.05) is 5.32 Å². The zero-order valence-electron chi connectivity index (χ0n) is 11.1. The van der Waals surface area contributed by atoms with Crippen LogP contribution in [0.3, 0.4) is 0 Å². The Hall–Kier alpha value is -1.20. The number of hydrogen-bond donors (Lipinski definition) is 1. The molecule has 21 heavy (non-hydrogen) atoms. The molecular weight excluding hydrogens is 367 g/mol. The van der Waals surface area contributed by atoms with Crippen LogP contribution >= 0.6 is 27.5 Å². The Labute approximate surface area is 134 Å². The van der Waals surface area contributed by atoms with Gasteiger partial charge >= 0.3 is 6.18 Å². The van der Waals surface area contributed by atoms with E-state index in [1.165, 1.54) is 12.1 Å². The monoisotopic (exact) mass is 377 g/mol. The van der Waals surface area contributed by atoms with Crippen molar-refractivity contribution in [2.45, 2.75) is 19.6 Å². The first-order valence-electron chi connectivity index (χ1n) is 6.13. The van der Waals surface area contributed by atoms with Crippen molar-refractivity contribution in [1.29, 1.82) is 0 Å². The van der Waals surface area contributed by atoms with Crippen LogP contribution in [0.4, 0.5) is 18.9 Å². The molecule has 2 aromatic rings. The van der Waals surface area contributed by atoms with Gasteiger partial charge in [-0.1, -0.05) is 45.7 Å². The molecule has 0 bridgehead atoms. The summed E-state index contributed by atoms with van der Waals surface area (Å²) in [4.78, 5) is 0. The Kier molecular flexibility index (Phi) is 4.84. The Morgan fingerprint density at radius 1 is 1.19 bits per heavy atom. The number of para-hydroxylation sites is 1. The first-order chi connectivity index (χ1) is 9.79. The van der Waals surface area contributed by atoms with E-state index in [0.29, 0.717) is 0 Å². The zero-order chi connectivity index (χ0) is 15.6. The fourth-order valence-electron chi connectivity index (χ4n) is 1.95. The Bertz CT molecular complexity index is 656. The van der Waals surface area contributed by atoms with Crippen molar-refractivity contribution < 1.29 is 13.2 Å². The summed E-state index contributed by atoms with van der Waals surface area (Å²) in [5.74, 6) is 0. The summed E-state index contributed by atoms with van der Waals surface area (Å²) in [5.41, 5.74) is 1.05. The number of rotatable bonds is 3. The van der Waals surface area contributed by atoms with Gasteiger partial charge in [0.2, 0.25) is 0 Å². The second-order valence-corrected chi connectivity index (χ2v) is 5.86. The van der Waals surface area contributed by atoms with E-state index < -0.39 is 11.7 Å². The predicted octanol–water partition coefficient (Wildman–Crippen LogP) is 6.04. The molecule has 112 valence electrons. The van der Waals surface area contributed by atoms with Gasteiger partial charge in [0.05, 0.1) is 16.3 Å². The van der Waals surface area contributed by atoms with Crippen LogP contribution in [0, 0.1) is 6.92 Å². The average molecular weight is 379 g/mol. The maximum atomic E-state index is 13.0. The molecule has 0 aliphatic carbocycles. The smallest absolute Gasteiger partial charge is 0.379 e. The second-order valence-electron chi connectivity index (χ2n) is 4.60. The number of halogens is 5. The van der Waals surface area contributed by atoms with Crippen LogP contribution in [0.15, 0.2) is 40.9 Å². The van der Waals surface area contributed by atoms with Crippen LogP contribution in [0.2, 0.25) is 5.02 Å². The summed E-state index contributed by atoms with van der Waals surface area (Å²) in [6.07, 6.45) is -4.44. The van der Waals surface area contributed by atoms with E-state index in [4.69, 9.17) is 11.6 Å². The third-order valence-electron chi connectivity index (χ3n) is 3.01. The summed E-state index contributed by atoms with van der Waals surface area (Å²) < 4.78 is 39.9. The minimum atomic E-state index is -4.44. The number of benzene rings is 2. The first kappa shape index (κ1) is 16.2. The minimum absolute atomic E-state index is 0.0543. The highest BCUT2D eigenvalue weighted by molar-refractivity contribution is 9.10. The molecule has 0 heterocycles. The van der Waals surface area contributed by atoms with Crippen molar-refractivity contribution in [2.24, 2.45) is 0 Å². The summed E-state index contributed by atoms with van der Waals surface area (Å²) in [6.45, 7) is 2.19. The quantitative estimate of drug-likeness (QED) is 0.686. The van der Waals surface area contributed by atoms with Crippen molar-refractivity contribution in [3.63, 3.8) is 0 Å². The first-order valence-corrected chi connectivity index (χ1v) is 7.31. The third-order valence-corrected chi connectivity index (χ3v) is 4.22. The highest BCUT2D eigenvalue weighted by Gasteiger charge is 2.34. The maximum Gasteiger partial charge on any atom is 0.418 e. The Morgan fingerprint density at radius 3 is 2.52 bits per heavy atom. The molecule has 0 atom stereocenters. The second kappa shape index (κ2) is 6.28. The number of aryl methyl sites for hydroxylation is 1. The molecule has 6 heteroatoms. The van der Waals surface area contributed by atoms with Crippen LogP contribution < -0.4 is 5.32 Å². The van der Waals surface area contributed by atoms with Crippen LogP contribution in [-0.2, 0) is 12.7 Å². The van der Waals surface area contributed by atoms with Gasteiger partial charge in [0.25, 0.3) is 0 Å². The summed E-state index contributed by atoms with van der Waals surface area (Å²) in [6, 6.07) is 9.35. The van der Waals surface area contributed by atoms with Gasteiger partial charge in [0.15, 0.2) is 0 Å². The normalized spacial score (nSPS) is 11.5. The molecule has 0 unspecified atom stereocenters. The number of nitrogens with one attached hydrogen (secondary N) is 1. The van der Waals surface area contributed by atoms with Gasteiger partial charge in [0, 0.05) is 11.0 Å². The van der Waals surface area contributed by atoms with E-state index in [2.05, 4.69) is 21.2 Å². The molecule has 0 spiro atoms. The number of alkyl halides is 3. The van der Waals surface area contributed by atoms with Gasteiger partial charge in [-0.15, -0.1) is 0 Å². The highest BCUT2D eigenvalue weighted by atomic mass is 79.9. The Balaban J connectivity index is 2.25. The molecule has 0 aliphatic heterocycles. The summed E-state index contributed by atoms with van der Waals surface area (Å²) in [7, 11) is 0. The lowest BCUT2D eigenvalue weighted by Gasteiger charge is -2.16. The van der Waals surface area contributed by atoms with Crippen LogP contribution in [0.1, 0.15) is 16.7 Å². The molecule has 1 N–H and O–H groups in total. The number of anilines is 1. The topological polar surface area (TPSA) is 12.0 Å². The zero-order valence-corrected chi connectivity index (χ0v) is 13.4. The van der Waals surface area contributed by atoms with Crippen LogP contribution in [0.5, 0.6) is 0 Å². The van der Waals surface area contributed by atoms with E-state index in [9.17, 15) is 13.2 Å². The molecular formula is C15H12BrClF3N. The SMILES string of the molecule is Cc1cc(CNc2c(Cl)cccc2C(F)(F)F)ccc1Br. The van der Waals surface area contributed by atoms with Gasteiger partial charge < -0.3 is 5.32 Å². The van der Waals surface area contributed by atoms with Gasteiger partial charge in [-0.2, -0.15) is 13.2 Å². The van der Waals surface area contributed by atoms with Crippen LogP contribution in [-0.4, -0.2) is 0 Å². The van der Waals surface area contributed by atoms with Crippen molar-refractivity contribution in [3.05, 3.63) is 62.6 Å². The number of hydrogen-bond acceptors (Lipinski definition) is 1. The Morgan fingerprint density at radius 2 is 1.90 bits per heavy atom. The minimum Gasteiger partial charge on any atom is -0.379 e. The lowest BCUT2D eigenvalue weighted by atomic mass is 10.1. The molecule has 0 aliphatic rings. The van der Waals surface area contributed by atoms with Crippen molar-refractivity contribution in [3.8, 4) is 0 Å². The van der Waals surface area contributed by atoms with Crippen LogP contribution in [0.25, 0.3) is 0 Å². The predicted molar refractivity (Wildman–Crippen MR) is 82.7 cm³/mol. The van der Waals surface area contributed by atoms with Gasteiger partial charge in [-0.3, -0.25) is 0 Å².